The molecule has 1 saturated carbocycles. The van der Waals surface area contributed by atoms with Crippen LogP contribution >= 0.6 is 27.3 Å². The first-order valence-corrected chi connectivity index (χ1v) is 7.83. The minimum absolute atomic E-state index is 0.0778. The zero-order chi connectivity index (χ0) is 12.5. The van der Waals surface area contributed by atoms with Crippen molar-refractivity contribution in [3.8, 4) is 0 Å². The summed E-state index contributed by atoms with van der Waals surface area (Å²) in [5.74, 6) is 0. The third kappa shape index (κ3) is 2.46. The summed E-state index contributed by atoms with van der Waals surface area (Å²) in [4.78, 5) is 3.30. The first-order chi connectivity index (χ1) is 8.08. The third-order valence-electron chi connectivity index (χ3n) is 4.01. The van der Waals surface area contributed by atoms with E-state index in [2.05, 4.69) is 34.9 Å². The summed E-state index contributed by atoms with van der Waals surface area (Å²) in [5, 5.41) is 12.8. The number of aliphatic hydroxyl groups excluding tert-OH is 1. The molecule has 2 rings (SSSR count). The zero-order valence-electron chi connectivity index (χ0n) is 10.4. The van der Waals surface area contributed by atoms with Crippen LogP contribution in [0.2, 0.25) is 0 Å². The van der Waals surface area contributed by atoms with Crippen LogP contribution in [0.5, 0.6) is 0 Å². The summed E-state index contributed by atoms with van der Waals surface area (Å²) in [5.41, 5.74) is -0.0778. The van der Waals surface area contributed by atoms with Crippen molar-refractivity contribution in [2.45, 2.75) is 43.7 Å². The highest BCUT2D eigenvalue weighted by Crippen LogP contribution is 2.45. The maximum absolute atomic E-state index is 10.8. The van der Waals surface area contributed by atoms with Crippen molar-refractivity contribution in [2.24, 2.45) is 0 Å². The average Bonchev–Trinajstić information content (AvgIpc) is 2.75. The van der Waals surface area contributed by atoms with E-state index in [9.17, 15) is 5.11 Å². The number of halogens is 1. The van der Waals surface area contributed by atoms with E-state index >= 15 is 0 Å². The summed E-state index contributed by atoms with van der Waals surface area (Å²) >= 11 is 5.18. The van der Waals surface area contributed by atoms with Crippen molar-refractivity contribution < 1.29 is 5.11 Å². The van der Waals surface area contributed by atoms with Crippen LogP contribution in [0.4, 0.5) is 0 Å². The zero-order valence-corrected chi connectivity index (χ0v) is 12.9. The van der Waals surface area contributed by atoms with E-state index in [1.165, 1.54) is 19.3 Å². The molecule has 0 spiro atoms. The topological polar surface area (TPSA) is 23.5 Å². The smallest absolute Gasteiger partial charge is 0.108 e. The highest BCUT2D eigenvalue weighted by atomic mass is 79.9. The average molecular weight is 318 g/mol. The van der Waals surface area contributed by atoms with Gasteiger partial charge in [-0.3, -0.25) is 0 Å². The number of likely N-dealkylation sites (N-methyl/N-ethyl adjacent to an activating group) is 1. The van der Waals surface area contributed by atoms with Crippen LogP contribution in [-0.2, 0) is 0 Å². The highest BCUT2D eigenvalue weighted by molar-refractivity contribution is 9.10. The maximum atomic E-state index is 10.8. The van der Waals surface area contributed by atoms with E-state index in [1.54, 1.807) is 11.3 Å². The molecule has 0 bridgehead atoms. The number of rotatable bonds is 3. The number of hydrogen-bond donors (Lipinski definition) is 1. The SMILES string of the molecule is CN(C)C1(C(O)c2sccc2Br)CCCCC1. The minimum Gasteiger partial charge on any atom is -0.386 e. The van der Waals surface area contributed by atoms with Gasteiger partial charge in [-0.1, -0.05) is 19.3 Å². The number of thiophene rings is 1. The van der Waals surface area contributed by atoms with E-state index in [0.29, 0.717) is 0 Å². The van der Waals surface area contributed by atoms with Gasteiger partial charge in [-0.05, 0) is 54.3 Å². The molecule has 0 amide bonds. The summed E-state index contributed by atoms with van der Waals surface area (Å²) in [6.45, 7) is 0. The molecule has 1 unspecified atom stereocenters. The van der Waals surface area contributed by atoms with Crippen molar-refractivity contribution in [3.63, 3.8) is 0 Å². The molecule has 1 aromatic heterocycles. The lowest BCUT2D eigenvalue weighted by atomic mass is 9.76. The van der Waals surface area contributed by atoms with Gasteiger partial charge in [0.2, 0.25) is 0 Å². The van der Waals surface area contributed by atoms with Gasteiger partial charge in [0.1, 0.15) is 6.10 Å². The molecule has 2 nitrogen and oxygen atoms in total. The van der Waals surface area contributed by atoms with E-state index in [1.807, 2.05) is 11.4 Å². The van der Waals surface area contributed by atoms with Crippen LogP contribution in [0.3, 0.4) is 0 Å². The maximum Gasteiger partial charge on any atom is 0.108 e. The van der Waals surface area contributed by atoms with Gasteiger partial charge in [-0.2, -0.15) is 0 Å². The lowest BCUT2D eigenvalue weighted by Crippen LogP contribution is -2.50. The molecule has 0 aromatic carbocycles. The molecule has 1 aliphatic carbocycles. The molecule has 1 aromatic rings. The van der Waals surface area contributed by atoms with Crippen molar-refractivity contribution in [3.05, 3.63) is 20.8 Å². The Balaban J connectivity index is 2.30. The Hall–Kier alpha value is 0.100. The van der Waals surface area contributed by atoms with Crippen LogP contribution in [0.15, 0.2) is 15.9 Å². The van der Waals surface area contributed by atoms with Crippen molar-refractivity contribution >= 4 is 27.3 Å². The van der Waals surface area contributed by atoms with E-state index in [4.69, 9.17) is 0 Å². The first kappa shape index (κ1) is 13.5. The van der Waals surface area contributed by atoms with Crippen molar-refractivity contribution in [1.29, 1.82) is 0 Å². The second-order valence-electron chi connectivity index (χ2n) is 5.09. The van der Waals surface area contributed by atoms with Gasteiger partial charge >= 0.3 is 0 Å². The van der Waals surface area contributed by atoms with Crippen LogP contribution in [0.1, 0.15) is 43.1 Å². The molecule has 1 heterocycles. The third-order valence-corrected chi connectivity index (χ3v) is 5.94. The Morgan fingerprint density at radius 1 is 1.35 bits per heavy atom. The van der Waals surface area contributed by atoms with E-state index < -0.39 is 0 Å². The molecule has 0 saturated heterocycles. The lowest BCUT2D eigenvalue weighted by molar-refractivity contribution is -0.0320. The molecular formula is C13H20BrNOS. The Kier molecular flexibility index (Phi) is 4.29. The predicted octanol–water partition coefficient (Wildman–Crippen LogP) is 3.81. The Bertz CT molecular complexity index is 371. The van der Waals surface area contributed by atoms with Gasteiger partial charge in [0.25, 0.3) is 0 Å². The normalized spacial score (nSPS) is 21.7. The number of nitrogens with zero attached hydrogens (tertiary/aromatic N) is 1. The summed E-state index contributed by atoms with van der Waals surface area (Å²) in [7, 11) is 4.19. The number of aliphatic hydroxyl groups is 1. The fourth-order valence-electron chi connectivity index (χ4n) is 2.87. The minimum atomic E-state index is -0.382. The van der Waals surface area contributed by atoms with Crippen LogP contribution in [0.25, 0.3) is 0 Å². The molecule has 1 N–H and O–H groups in total. The highest BCUT2D eigenvalue weighted by Gasteiger charge is 2.42. The van der Waals surface area contributed by atoms with Gasteiger partial charge < -0.3 is 10.0 Å². The molecule has 1 atom stereocenters. The Labute approximate surface area is 116 Å². The summed E-state index contributed by atoms with van der Waals surface area (Å²) < 4.78 is 1.04. The lowest BCUT2D eigenvalue weighted by Gasteiger charge is -2.46. The molecule has 17 heavy (non-hydrogen) atoms. The second-order valence-corrected chi connectivity index (χ2v) is 6.90. The van der Waals surface area contributed by atoms with Crippen molar-refractivity contribution in [2.75, 3.05) is 14.1 Å². The fraction of sp³-hybridized carbons (Fsp3) is 0.692. The van der Waals surface area contributed by atoms with E-state index in [-0.39, 0.29) is 11.6 Å². The molecule has 1 fully saturated rings. The molecule has 4 heteroatoms. The molecule has 0 radical (unpaired) electrons. The predicted molar refractivity (Wildman–Crippen MR) is 76.5 cm³/mol. The first-order valence-electron chi connectivity index (χ1n) is 6.16. The second kappa shape index (κ2) is 5.39. The van der Waals surface area contributed by atoms with Gasteiger partial charge in [0.15, 0.2) is 0 Å². The Morgan fingerprint density at radius 2 is 2.00 bits per heavy atom. The largest absolute Gasteiger partial charge is 0.386 e. The molecule has 0 aliphatic heterocycles. The summed E-state index contributed by atoms with van der Waals surface area (Å²) in [6.07, 6.45) is 5.54. The molecule has 96 valence electrons. The van der Waals surface area contributed by atoms with Crippen LogP contribution in [-0.4, -0.2) is 29.6 Å². The fourth-order valence-corrected chi connectivity index (χ4v) is 4.56. The quantitative estimate of drug-likeness (QED) is 0.916. The van der Waals surface area contributed by atoms with Gasteiger partial charge in [-0.15, -0.1) is 11.3 Å². The van der Waals surface area contributed by atoms with E-state index in [0.717, 1.165) is 22.2 Å². The number of hydrogen-bond acceptors (Lipinski definition) is 3. The van der Waals surface area contributed by atoms with Crippen molar-refractivity contribution in [1.82, 2.24) is 4.90 Å². The van der Waals surface area contributed by atoms with Crippen LogP contribution < -0.4 is 0 Å². The van der Waals surface area contributed by atoms with Gasteiger partial charge in [0.05, 0.1) is 5.54 Å². The molecular weight excluding hydrogens is 298 g/mol. The molecule has 1 aliphatic rings. The van der Waals surface area contributed by atoms with Gasteiger partial charge in [-0.25, -0.2) is 0 Å². The summed E-state index contributed by atoms with van der Waals surface area (Å²) in [6, 6.07) is 2.02. The standard InChI is InChI=1S/C13H20BrNOS/c1-15(2)13(7-4-3-5-8-13)12(16)11-10(14)6-9-17-11/h6,9,12,16H,3-5,7-8H2,1-2H3. The van der Waals surface area contributed by atoms with Gasteiger partial charge in [0, 0.05) is 9.35 Å². The van der Waals surface area contributed by atoms with Crippen LogP contribution in [0, 0.1) is 0 Å². The Morgan fingerprint density at radius 3 is 2.47 bits per heavy atom. The monoisotopic (exact) mass is 317 g/mol.